The molecule has 1 aromatic carbocycles. The molecule has 0 spiro atoms. The standard InChI is InChI=1S/C17H28N4O2S2.HI/c1-14-4-5-16(15(2)12-14)13-20-17(18-3)19-6-11-25(22,23)21-7-9-24-10-8-21;/h4-5,12H,6-11,13H2,1-3H3,(H2,18,19,20);1H. The molecule has 0 aromatic heterocycles. The average molecular weight is 512 g/mol. The van der Waals surface area contributed by atoms with Crippen LogP contribution in [0.15, 0.2) is 23.2 Å². The van der Waals surface area contributed by atoms with Crippen LogP contribution in [-0.2, 0) is 16.6 Å². The van der Waals surface area contributed by atoms with E-state index in [9.17, 15) is 8.42 Å². The quantitative estimate of drug-likeness (QED) is 0.347. The lowest BCUT2D eigenvalue weighted by molar-refractivity contribution is 0.443. The highest BCUT2D eigenvalue weighted by molar-refractivity contribution is 14.0. The molecule has 0 atom stereocenters. The Morgan fingerprint density at radius 2 is 1.92 bits per heavy atom. The minimum absolute atomic E-state index is 0. The summed E-state index contributed by atoms with van der Waals surface area (Å²) in [6.07, 6.45) is 0. The van der Waals surface area contributed by atoms with Crippen molar-refractivity contribution >= 4 is 51.7 Å². The summed E-state index contributed by atoms with van der Waals surface area (Å²) in [4.78, 5) is 4.17. The van der Waals surface area contributed by atoms with Crippen LogP contribution in [0.4, 0.5) is 0 Å². The number of nitrogens with one attached hydrogen (secondary N) is 2. The van der Waals surface area contributed by atoms with Gasteiger partial charge in [-0.25, -0.2) is 12.7 Å². The van der Waals surface area contributed by atoms with E-state index < -0.39 is 10.0 Å². The minimum atomic E-state index is -3.19. The number of rotatable bonds is 6. The number of hydrogen-bond acceptors (Lipinski definition) is 4. The van der Waals surface area contributed by atoms with Crippen LogP contribution in [0.1, 0.15) is 16.7 Å². The van der Waals surface area contributed by atoms with Gasteiger partial charge in [-0.3, -0.25) is 4.99 Å². The van der Waals surface area contributed by atoms with Crippen LogP contribution in [0.25, 0.3) is 0 Å². The van der Waals surface area contributed by atoms with Crippen LogP contribution in [0.3, 0.4) is 0 Å². The fraction of sp³-hybridized carbons (Fsp3) is 0.588. The van der Waals surface area contributed by atoms with Gasteiger partial charge in [-0.05, 0) is 25.0 Å². The van der Waals surface area contributed by atoms with Crippen molar-refractivity contribution in [3.63, 3.8) is 0 Å². The van der Waals surface area contributed by atoms with Gasteiger partial charge in [-0.2, -0.15) is 11.8 Å². The number of aryl methyl sites for hydroxylation is 2. The maximum Gasteiger partial charge on any atom is 0.215 e. The van der Waals surface area contributed by atoms with Crippen LogP contribution in [0.5, 0.6) is 0 Å². The van der Waals surface area contributed by atoms with Crippen LogP contribution < -0.4 is 10.6 Å². The predicted molar refractivity (Wildman–Crippen MR) is 122 cm³/mol. The molecule has 0 unspecified atom stereocenters. The Bertz CT molecular complexity index is 705. The van der Waals surface area contributed by atoms with Gasteiger partial charge in [0.05, 0.1) is 5.75 Å². The van der Waals surface area contributed by atoms with Crippen molar-refractivity contribution in [2.75, 3.05) is 43.9 Å². The third-order valence-corrected chi connectivity index (χ3v) is 7.00. The smallest absolute Gasteiger partial charge is 0.215 e. The molecule has 6 nitrogen and oxygen atoms in total. The van der Waals surface area contributed by atoms with Gasteiger partial charge in [-0.15, -0.1) is 24.0 Å². The first-order valence-electron chi connectivity index (χ1n) is 8.48. The number of sulfonamides is 1. The molecule has 1 aromatic rings. The van der Waals surface area contributed by atoms with Gasteiger partial charge in [-0.1, -0.05) is 23.8 Å². The van der Waals surface area contributed by atoms with Crippen molar-refractivity contribution in [3.05, 3.63) is 34.9 Å². The summed E-state index contributed by atoms with van der Waals surface area (Å²) < 4.78 is 26.2. The number of nitrogens with zero attached hydrogens (tertiary/aromatic N) is 2. The highest BCUT2D eigenvalue weighted by Gasteiger charge is 2.23. The summed E-state index contributed by atoms with van der Waals surface area (Å²) >= 11 is 1.80. The first kappa shape index (κ1) is 23.5. The second kappa shape index (κ2) is 11.4. The van der Waals surface area contributed by atoms with Gasteiger partial charge >= 0.3 is 0 Å². The Kier molecular flexibility index (Phi) is 10.3. The van der Waals surface area contributed by atoms with E-state index in [0.29, 0.717) is 32.1 Å². The molecule has 0 saturated carbocycles. The number of guanidine groups is 1. The van der Waals surface area contributed by atoms with Crippen molar-refractivity contribution in [1.29, 1.82) is 0 Å². The third-order valence-electron chi connectivity index (χ3n) is 4.18. The molecule has 2 rings (SSSR count). The number of aliphatic imine (C=N–C) groups is 1. The first-order valence-corrected chi connectivity index (χ1v) is 11.2. The first-order chi connectivity index (χ1) is 11.9. The van der Waals surface area contributed by atoms with Crippen molar-refractivity contribution in [2.24, 2.45) is 4.99 Å². The molecule has 0 bridgehead atoms. The van der Waals surface area contributed by atoms with Crippen LogP contribution in [0.2, 0.25) is 0 Å². The molecule has 26 heavy (non-hydrogen) atoms. The SMILES string of the molecule is CN=C(NCCS(=O)(=O)N1CCSCC1)NCc1ccc(C)cc1C.I. The van der Waals surface area contributed by atoms with Crippen LogP contribution >= 0.6 is 35.7 Å². The zero-order valence-corrected chi connectivity index (χ0v) is 19.6. The molecule has 0 aliphatic carbocycles. The maximum atomic E-state index is 12.3. The van der Waals surface area contributed by atoms with Gasteiger partial charge in [0.1, 0.15) is 0 Å². The normalized spacial score (nSPS) is 16.0. The molecule has 1 aliphatic rings. The number of thioether (sulfide) groups is 1. The lowest BCUT2D eigenvalue weighted by Crippen LogP contribution is -2.44. The highest BCUT2D eigenvalue weighted by atomic mass is 127. The Hall–Kier alpha value is -0.520. The molecule has 9 heteroatoms. The van der Waals surface area contributed by atoms with E-state index in [1.165, 1.54) is 16.7 Å². The summed E-state index contributed by atoms with van der Waals surface area (Å²) in [5.41, 5.74) is 3.67. The molecule has 1 heterocycles. The Labute approximate surface area is 178 Å². The summed E-state index contributed by atoms with van der Waals surface area (Å²) in [5, 5.41) is 6.33. The fourth-order valence-corrected chi connectivity index (χ4v) is 5.19. The molecule has 1 saturated heterocycles. The zero-order chi connectivity index (χ0) is 18.3. The van der Waals surface area contributed by atoms with Crippen molar-refractivity contribution in [3.8, 4) is 0 Å². The largest absolute Gasteiger partial charge is 0.355 e. The fourth-order valence-electron chi connectivity index (χ4n) is 2.70. The molecule has 148 valence electrons. The lowest BCUT2D eigenvalue weighted by Gasteiger charge is -2.25. The zero-order valence-electron chi connectivity index (χ0n) is 15.6. The molecule has 0 radical (unpaired) electrons. The van der Waals surface area contributed by atoms with Crippen molar-refractivity contribution in [1.82, 2.24) is 14.9 Å². The lowest BCUT2D eigenvalue weighted by atomic mass is 10.1. The summed E-state index contributed by atoms with van der Waals surface area (Å²) in [7, 11) is -1.50. The summed E-state index contributed by atoms with van der Waals surface area (Å²) in [6.45, 7) is 6.40. The van der Waals surface area contributed by atoms with Gasteiger partial charge in [0.15, 0.2) is 5.96 Å². The van der Waals surface area contributed by atoms with E-state index in [1.54, 1.807) is 23.1 Å². The minimum Gasteiger partial charge on any atom is -0.355 e. The van der Waals surface area contributed by atoms with E-state index >= 15 is 0 Å². The second-order valence-corrected chi connectivity index (χ2v) is 9.42. The van der Waals surface area contributed by atoms with E-state index in [-0.39, 0.29) is 29.7 Å². The van der Waals surface area contributed by atoms with E-state index in [0.717, 1.165) is 11.5 Å². The highest BCUT2D eigenvalue weighted by Crippen LogP contribution is 2.13. The topological polar surface area (TPSA) is 73.8 Å². The van der Waals surface area contributed by atoms with Crippen molar-refractivity contribution in [2.45, 2.75) is 20.4 Å². The van der Waals surface area contributed by atoms with Gasteiger partial charge in [0, 0.05) is 44.7 Å². The van der Waals surface area contributed by atoms with Crippen LogP contribution in [-0.4, -0.2) is 62.6 Å². The Balaban J connectivity index is 0.00000338. The molecule has 0 amide bonds. The number of benzene rings is 1. The summed E-state index contributed by atoms with van der Waals surface area (Å²) in [5.74, 6) is 2.46. The molecular formula is C17H29IN4O2S2. The number of halogens is 1. The molecule has 1 aliphatic heterocycles. The van der Waals surface area contributed by atoms with Crippen molar-refractivity contribution < 1.29 is 8.42 Å². The monoisotopic (exact) mass is 512 g/mol. The van der Waals surface area contributed by atoms with E-state index in [1.807, 2.05) is 0 Å². The summed E-state index contributed by atoms with van der Waals surface area (Å²) in [6, 6.07) is 6.34. The Morgan fingerprint density at radius 3 is 2.54 bits per heavy atom. The Morgan fingerprint density at radius 1 is 1.23 bits per heavy atom. The molecule has 2 N–H and O–H groups in total. The second-order valence-electron chi connectivity index (χ2n) is 6.11. The maximum absolute atomic E-state index is 12.3. The van der Waals surface area contributed by atoms with Gasteiger partial charge in [0.2, 0.25) is 10.0 Å². The van der Waals surface area contributed by atoms with E-state index in [2.05, 4.69) is 47.7 Å². The molecule has 1 fully saturated rings. The molecular weight excluding hydrogens is 483 g/mol. The predicted octanol–water partition coefficient (Wildman–Crippen LogP) is 1.97. The average Bonchev–Trinajstić information content (AvgIpc) is 2.60. The van der Waals surface area contributed by atoms with Crippen LogP contribution in [0, 0.1) is 13.8 Å². The van der Waals surface area contributed by atoms with Gasteiger partial charge in [0.25, 0.3) is 0 Å². The number of hydrogen-bond donors (Lipinski definition) is 2. The van der Waals surface area contributed by atoms with Gasteiger partial charge < -0.3 is 10.6 Å². The van der Waals surface area contributed by atoms with E-state index in [4.69, 9.17) is 0 Å². The third kappa shape index (κ3) is 7.24.